The highest BCUT2D eigenvalue weighted by Crippen LogP contribution is 2.27. The van der Waals surface area contributed by atoms with Crippen molar-refractivity contribution >= 4 is 12.6 Å². The molecule has 0 radical (unpaired) electrons. The zero-order valence-corrected chi connectivity index (χ0v) is 10.6. The van der Waals surface area contributed by atoms with Crippen molar-refractivity contribution in [2.45, 2.75) is 18.2 Å². The molecule has 2 aromatic carbocycles. The molecule has 18 heavy (non-hydrogen) atoms. The standard InChI is InChI=1S/C14H12F2OS/c1-9-6-12(8-13(18)7-9)17-11-4-2-10(3-5-11)14(15)16/h2-8,14,18H,1H3. The van der Waals surface area contributed by atoms with Gasteiger partial charge in [0, 0.05) is 10.5 Å². The maximum Gasteiger partial charge on any atom is 0.263 e. The second-order valence-corrected chi connectivity index (χ2v) is 4.49. The van der Waals surface area contributed by atoms with Crippen molar-refractivity contribution in [1.29, 1.82) is 0 Å². The second-order valence-electron chi connectivity index (χ2n) is 3.98. The number of thiol groups is 1. The lowest BCUT2D eigenvalue weighted by molar-refractivity contribution is 0.151. The number of alkyl halides is 2. The van der Waals surface area contributed by atoms with Gasteiger partial charge in [0.05, 0.1) is 0 Å². The number of ether oxygens (including phenoxy) is 1. The zero-order chi connectivity index (χ0) is 13.1. The van der Waals surface area contributed by atoms with Gasteiger partial charge in [-0.1, -0.05) is 0 Å². The van der Waals surface area contributed by atoms with E-state index >= 15 is 0 Å². The second kappa shape index (κ2) is 5.40. The van der Waals surface area contributed by atoms with Gasteiger partial charge < -0.3 is 4.74 Å². The summed E-state index contributed by atoms with van der Waals surface area (Å²) < 4.78 is 30.3. The molecule has 0 heterocycles. The van der Waals surface area contributed by atoms with Gasteiger partial charge in [0.2, 0.25) is 0 Å². The molecular formula is C14H12F2OS. The summed E-state index contributed by atoms with van der Waals surface area (Å²) in [4.78, 5) is 0.800. The lowest BCUT2D eigenvalue weighted by Crippen LogP contribution is -1.87. The van der Waals surface area contributed by atoms with E-state index in [9.17, 15) is 8.78 Å². The molecule has 0 saturated heterocycles. The average molecular weight is 266 g/mol. The smallest absolute Gasteiger partial charge is 0.263 e. The molecule has 4 heteroatoms. The Hall–Kier alpha value is -1.55. The van der Waals surface area contributed by atoms with Crippen LogP contribution in [0.4, 0.5) is 8.78 Å². The molecule has 0 aliphatic rings. The average Bonchev–Trinajstić information content (AvgIpc) is 2.28. The quantitative estimate of drug-likeness (QED) is 0.768. The Labute approximate surface area is 110 Å². The Morgan fingerprint density at radius 2 is 1.67 bits per heavy atom. The molecule has 0 N–H and O–H groups in total. The summed E-state index contributed by atoms with van der Waals surface area (Å²) >= 11 is 4.25. The lowest BCUT2D eigenvalue weighted by Gasteiger charge is -2.08. The lowest BCUT2D eigenvalue weighted by atomic mass is 10.2. The largest absolute Gasteiger partial charge is 0.457 e. The molecule has 0 spiro atoms. The topological polar surface area (TPSA) is 9.23 Å². The van der Waals surface area contributed by atoms with Crippen LogP contribution in [0.1, 0.15) is 17.6 Å². The minimum absolute atomic E-state index is 0.0125. The third kappa shape index (κ3) is 3.23. The monoisotopic (exact) mass is 266 g/mol. The van der Waals surface area contributed by atoms with Crippen LogP contribution in [0.25, 0.3) is 0 Å². The molecule has 0 aromatic heterocycles. The summed E-state index contributed by atoms with van der Waals surface area (Å²) in [5.74, 6) is 1.17. The summed E-state index contributed by atoms with van der Waals surface area (Å²) in [6, 6.07) is 11.3. The van der Waals surface area contributed by atoms with Crippen LogP contribution >= 0.6 is 12.6 Å². The number of halogens is 2. The van der Waals surface area contributed by atoms with Crippen molar-refractivity contribution in [1.82, 2.24) is 0 Å². The summed E-state index contributed by atoms with van der Waals surface area (Å²) in [6.45, 7) is 1.94. The summed E-state index contributed by atoms with van der Waals surface area (Å²) in [7, 11) is 0. The first-order valence-electron chi connectivity index (χ1n) is 5.41. The Morgan fingerprint density at radius 1 is 1.00 bits per heavy atom. The maximum atomic E-state index is 12.4. The Balaban J connectivity index is 2.18. The third-order valence-corrected chi connectivity index (χ3v) is 2.66. The van der Waals surface area contributed by atoms with Gasteiger partial charge in [-0.25, -0.2) is 8.78 Å². The van der Waals surface area contributed by atoms with E-state index in [0.717, 1.165) is 10.5 Å². The summed E-state index contributed by atoms with van der Waals surface area (Å²) in [5.41, 5.74) is 1.02. The first-order valence-corrected chi connectivity index (χ1v) is 5.86. The van der Waals surface area contributed by atoms with Crippen LogP contribution in [0.5, 0.6) is 11.5 Å². The van der Waals surface area contributed by atoms with Crippen LogP contribution in [0, 0.1) is 6.92 Å². The van der Waals surface area contributed by atoms with Gasteiger partial charge in [0.25, 0.3) is 6.43 Å². The molecule has 0 unspecified atom stereocenters. The minimum Gasteiger partial charge on any atom is -0.457 e. The van der Waals surface area contributed by atoms with Crippen molar-refractivity contribution in [3.8, 4) is 11.5 Å². The van der Waals surface area contributed by atoms with Gasteiger partial charge in [0.15, 0.2) is 0 Å². The van der Waals surface area contributed by atoms with Gasteiger partial charge in [-0.15, -0.1) is 12.6 Å². The molecule has 0 bridgehead atoms. The van der Waals surface area contributed by atoms with E-state index in [1.54, 1.807) is 6.07 Å². The van der Waals surface area contributed by atoms with E-state index < -0.39 is 6.43 Å². The fourth-order valence-electron chi connectivity index (χ4n) is 1.60. The molecule has 1 nitrogen and oxygen atoms in total. The molecule has 0 saturated carbocycles. The first-order chi connectivity index (χ1) is 8.54. The van der Waals surface area contributed by atoms with E-state index in [2.05, 4.69) is 12.6 Å². The van der Waals surface area contributed by atoms with Crippen molar-refractivity contribution in [3.05, 3.63) is 53.6 Å². The molecule has 2 aromatic rings. The molecular weight excluding hydrogens is 254 g/mol. The van der Waals surface area contributed by atoms with Crippen LogP contribution in [-0.4, -0.2) is 0 Å². The van der Waals surface area contributed by atoms with Gasteiger partial charge in [0.1, 0.15) is 11.5 Å². The Bertz CT molecular complexity index is 518. The Morgan fingerprint density at radius 3 is 2.22 bits per heavy atom. The van der Waals surface area contributed by atoms with Crippen LogP contribution in [-0.2, 0) is 0 Å². The van der Waals surface area contributed by atoms with Crippen molar-refractivity contribution < 1.29 is 13.5 Å². The molecule has 0 fully saturated rings. The van der Waals surface area contributed by atoms with E-state index in [0.29, 0.717) is 11.5 Å². The molecule has 0 aliphatic carbocycles. The predicted octanol–water partition coefficient (Wildman–Crippen LogP) is 5.01. The summed E-state index contributed by atoms with van der Waals surface area (Å²) in [6.07, 6.45) is -2.46. The molecule has 0 aliphatic heterocycles. The normalized spacial score (nSPS) is 10.7. The minimum atomic E-state index is -2.46. The van der Waals surface area contributed by atoms with Gasteiger partial charge in [-0.05, 0) is 55.0 Å². The van der Waals surface area contributed by atoms with Crippen LogP contribution < -0.4 is 4.74 Å². The number of benzene rings is 2. The van der Waals surface area contributed by atoms with E-state index in [4.69, 9.17) is 4.74 Å². The van der Waals surface area contributed by atoms with E-state index in [1.165, 1.54) is 24.3 Å². The maximum absolute atomic E-state index is 12.4. The molecule has 2 rings (SSSR count). The highest BCUT2D eigenvalue weighted by atomic mass is 32.1. The fourth-order valence-corrected chi connectivity index (χ4v) is 1.94. The third-order valence-electron chi connectivity index (χ3n) is 2.40. The van der Waals surface area contributed by atoms with E-state index in [1.807, 2.05) is 19.1 Å². The number of aryl methyl sites for hydroxylation is 1. The number of hydrogen-bond donors (Lipinski definition) is 1. The number of hydrogen-bond acceptors (Lipinski definition) is 2. The predicted molar refractivity (Wildman–Crippen MR) is 69.9 cm³/mol. The van der Waals surface area contributed by atoms with Crippen LogP contribution in [0.15, 0.2) is 47.4 Å². The molecule has 94 valence electrons. The highest BCUT2D eigenvalue weighted by Gasteiger charge is 2.06. The van der Waals surface area contributed by atoms with Crippen LogP contribution in [0.2, 0.25) is 0 Å². The first kappa shape index (κ1) is 12.9. The SMILES string of the molecule is Cc1cc(S)cc(Oc2ccc(C(F)F)cc2)c1. The van der Waals surface area contributed by atoms with Gasteiger partial charge in [-0.3, -0.25) is 0 Å². The fraction of sp³-hybridized carbons (Fsp3) is 0.143. The van der Waals surface area contributed by atoms with Crippen LogP contribution in [0.3, 0.4) is 0 Å². The molecule has 0 amide bonds. The van der Waals surface area contributed by atoms with Crippen molar-refractivity contribution in [2.24, 2.45) is 0 Å². The van der Waals surface area contributed by atoms with Gasteiger partial charge >= 0.3 is 0 Å². The Kier molecular flexibility index (Phi) is 3.87. The van der Waals surface area contributed by atoms with E-state index in [-0.39, 0.29) is 5.56 Å². The zero-order valence-electron chi connectivity index (χ0n) is 9.73. The summed E-state index contributed by atoms with van der Waals surface area (Å²) in [5, 5.41) is 0. The molecule has 0 atom stereocenters. The highest BCUT2D eigenvalue weighted by molar-refractivity contribution is 7.80. The van der Waals surface area contributed by atoms with Crippen molar-refractivity contribution in [3.63, 3.8) is 0 Å². The van der Waals surface area contributed by atoms with Crippen molar-refractivity contribution in [2.75, 3.05) is 0 Å². The van der Waals surface area contributed by atoms with Gasteiger partial charge in [-0.2, -0.15) is 0 Å². The number of rotatable bonds is 3.